The zero-order chi connectivity index (χ0) is 21.4. The lowest BCUT2D eigenvalue weighted by Crippen LogP contribution is -2.36. The van der Waals surface area contributed by atoms with Crippen molar-refractivity contribution < 1.29 is 5.11 Å². The molecule has 3 aliphatic rings. The summed E-state index contributed by atoms with van der Waals surface area (Å²) in [7, 11) is 0. The first kappa shape index (κ1) is 22.2. The minimum absolute atomic E-state index is 0.268. The molecule has 164 valence electrons. The number of nitrogens with zero attached hydrogens (tertiary/aromatic N) is 1. The number of hydrogen-bond donors (Lipinski definition) is 1. The van der Waals surface area contributed by atoms with Gasteiger partial charge < -0.3 is 10.0 Å². The van der Waals surface area contributed by atoms with Gasteiger partial charge >= 0.3 is 0 Å². The molecule has 1 saturated heterocycles. The molecule has 1 aliphatic carbocycles. The molecule has 3 heteroatoms. The van der Waals surface area contributed by atoms with Crippen LogP contribution in [0.3, 0.4) is 0 Å². The van der Waals surface area contributed by atoms with E-state index in [1.807, 2.05) is 11.8 Å². The van der Waals surface area contributed by atoms with E-state index in [9.17, 15) is 0 Å². The molecule has 0 radical (unpaired) electrons. The van der Waals surface area contributed by atoms with Crippen molar-refractivity contribution >= 4 is 17.3 Å². The van der Waals surface area contributed by atoms with Gasteiger partial charge in [-0.05, 0) is 88.5 Å². The summed E-state index contributed by atoms with van der Waals surface area (Å²) in [5.74, 6) is 0.670. The van der Waals surface area contributed by atoms with Crippen LogP contribution < -0.4 is 0 Å². The Bertz CT molecular complexity index is 835. The van der Waals surface area contributed by atoms with Crippen LogP contribution >= 0.6 is 11.8 Å². The average Bonchev–Trinajstić information content (AvgIpc) is 2.76. The van der Waals surface area contributed by atoms with Gasteiger partial charge in [0.25, 0.3) is 0 Å². The number of piperidine rings is 1. The minimum Gasteiger partial charge on any atom is -0.396 e. The zero-order valence-electron chi connectivity index (χ0n) is 19.3. The predicted molar refractivity (Wildman–Crippen MR) is 131 cm³/mol. The lowest BCUT2D eigenvalue weighted by molar-refractivity contribution is 0.174. The van der Waals surface area contributed by atoms with Gasteiger partial charge in [0.05, 0.1) is 0 Å². The normalized spacial score (nSPS) is 26.0. The number of rotatable bonds is 5. The van der Waals surface area contributed by atoms with Crippen molar-refractivity contribution in [3.63, 3.8) is 0 Å². The van der Waals surface area contributed by atoms with Crippen LogP contribution in [0.2, 0.25) is 0 Å². The SMILES string of the molecule is CC1(C)CCC(C)(C)c2cc(C3=CSC(C4CCCN(CCCO)C4)=CC3)ccc21. The van der Waals surface area contributed by atoms with Crippen molar-refractivity contribution in [3.05, 3.63) is 51.3 Å². The summed E-state index contributed by atoms with van der Waals surface area (Å²) in [6.45, 7) is 13.3. The van der Waals surface area contributed by atoms with E-state index in [4.69, 9.17) is 5.11 Å². The monoisotopic (exact) mass is 425 g/mol. The molecule has 1 unspecified atom stereocenters. The van der Waals surface area contributed by atoms with Crippen molar-refractivity contribution in [1.29, 1.82) is 0 Å². The number of allylic oxidation sites excluding steroid dienone is 2. The molecule has 1 aromatic carbocycles. The summed E-state index contributed by atoms with van der Waals surface area (Å²) in [6.07, 6.45) is 9.57. The van der Waals surface area contributed by atoms with Crippen molar-refractivity contribution in [3.8, 4) is 0 Å². The number of aliphatic hydroxyl groups excluding tert-OH is 1. The Kier molecular flexibility index (Phi) is 6.53. The molecule has 1 N–H and O–H groups in total. The van der Waals surface area contributed by atoms with Crippen LogP contribution in [0.5, 0.6) is 0 Å². The van der Waals surface area contributed by atoms with Gasteiger partial charge in [-0.2, -0.15) is 0 Å². The first-order valence-corrected chi connectivity index (χ1v) is 12.7. The molecular formula is C27H39NOS. The van der Waals surface area contributed by atoms with Gasteiger partial charge in [0.2, 0.25) is 0 Å². The van der Waals surface area contributed by atoms with E-state index < -0.39 is 0 Å². The largest absolute Gasteiger partial charge is 0.396 e. The van der Waals surface area contributed by atoms with Crippen LogP contribution in [0.1, 0.15) is 82.9 Å². The Morgan fingerprint density at radius 1 is 1.10 bits per heavy atom. The quantitative estimate of drug-likeness (QED) is 0.583. The summed E-state index contributed by atoms with van der Waals surface area (Å²) in [6, 6.07) is 7.28. The number of likely N-dealkylation sites (tertiary alicyclic amines) is 1. The van der Waals surface area contributed by atoms with Crippen LogP contribution in [-0.2, 0) is 10.8 Å². The van der Waals surface area contributed by atoms with Crippen molar-refractivity contribution in [2.75, 3.05) is 26.2 Å². The first-order chi connectivity index (χ1) is 14.3. The molecule has 0 spiro atoms. The second kappa shape index (κ2) is 8.84. The molecule has 1 aromatic rings. The maximum absolute atomic E-state index is 9.13. The van der Waals surface area contributed by atoms with Crippen LogP contribution in [0.4, 0.5) is 0 Å². The fourth-order valence-electron chi connectivity index (χ4n) is 5.47. The van der Waals surface area contributed by atoms with Crippen molar-refractivity contribution in [2.24, 2.45) is 5.92 Å². The summed E-state index contributed by atoms with van der Waals surface area (Å²) >= 11 is 1.96. The number of fused-ring (bicyclic) bond motifs is 1. The molecule has 2 nitrogen and oxygen atoms in total. The average molecular weight is 426 g/mol. The molecule has 0 saturated carbocycles. The third kappa shape index (κ3) is 4.59. The molecule has 2 heterocycles. The highest BCUT2D eigenvalue weighted by Gasteiger charge is 2.37. The summed E-state index contributed by atoms with van der Waals surface area (Å²) in [4.78, 5) is 4.10. The van der Waals surface area contributed by atoms with Gasteiger partial charge in [-0.25, -0.2) is 0 Å². The van der Waals surface area contributed by atoms with E-state index in [2.05, 4.69) is 62.3 Å². The molecule has 4 rings (SSSR count). The van der Waals surface area contributed by atoms with E-state index in [0.29, 0.717) is 12.5 Å². The fourth-order valence-corrected chi connectivity index (χ4v) is 6.54. The van der Waals surface area contributed by atoms with Crippen molar-refractivity contribution in [2.45, 2.75) is 77.0 Å². The Morgan fingerprint density at radius 2 is 1.87 bits per heavy atom. The van der Waals surface area contributed by atoms with Crippen LogP contribution in [0.25, 0.3) is 5.57 Å². The van der Waals surface area contributed by atoms with Gasteiger partial charge in [0, 0.05) is 25.6 Å². The second-order valence-electron chi connectivity index (χ2n) is 10.8. The Labute approximate surface area is 187 Å². The van der Waals surface area contributed by atoms with E-state index in [0.717, 1.165) is 25.9 Å². The number of aliphatic hydroxyl groups is 1. The topological polar surface area (TPSA) is 23.5 Å². The molecule has 1 fully saturated rings. The van der Waals surface area contributed by atoms with Crippen molar-refractivity contribution in [1.82, 2.24) is 4.90 Å². The molecule has 0 bridgehead atoms. The Morgan fingerprint density at radius 3 is 2.57 bits per heavy atom. The van der Waals surface area contributed by atoms with E-state index in [1.54, 1.807) is 16.0 Å². The third-order valence-corrected chi connectivity index (χ3v) is 8.80. The van der Waals surface area contributed by atoms with Gasteiger partial charge in [0.1, 0.15) is 0 Å². The minimum atomic E-state index is 0.268. The smallest absolute Gasteiger partial charge is 0.0443 e. The van der Waals surface area contributed by atoms with Crippen LogP contribution in [0.15, 0.2) is 34.6 Å². The maximum atomic E-state index is 9.13. The Balaban J connectivity index is 1.47. The predicted octanol–water partition coefficient (Wildman–Crippen LogP) is 6.49. The highest BCUT2D eigenvalue weighted by Crippen LogP contribution is 2.47. The molecule has 0 aromatic heterocycles. The van der Waals surface area contributed by atoms with E-state index in [-0.39, 0.29) is 10.8 Å². The number of thioether (sulfide) groups is 1. The molecule has 1 atom stereocenters. The van der Waals surface area contributed by atoms with E-state index >= 15 is 0 Å². The second-order valence-corrected chi connectivity index (χ2v) is 11.8. The molecule has 30 heavy (non-hydrogen) atoms. The first-order valence-electron chi connectivity index (χ1n) is 11.8. The van der Waals surface area contributed by atoms with E-state index in [1.165, 1.54) is 43.4 Å². The summed E-state index contributed by atoms with van der Waals surface area (Å²) < 4.78 is 0. The maximum Gasteiger partial charge on any atom is 0.0443 e. The zero-order valence-corrected chi connectivity index (χ0v) is 20.2. The summed E-state index contributed by atoms with van der Waals surface area (Å²) in [5.41, 5.74) is 6.55. The van der Waals surface area contributed by atoms with Crippen LogP contribution in [-0.4, -0.2) is 36.2 Å². The standard InChI is InChI=1S/C27H39NOS/c1-26(2)12-13-27(3,4)24-17-20(8-10-23(24)26)22-9-11-25(30-19-22)21-7-5-14-28(18-21)15-6-16-29/h8,10-11,17,19,21,29H,5-7,9,12-16,18H2,1-4H3. The Hall–Kier alpha value is -1.03. The highest BCUT2D eigenvalue weighted by atomic mass is 32.2. The summed E-state index contributed by atoms with van der Waals surface area (Å²) in [5, 5.41) is 11.6. The van der Waals surface area contributed by atoms with Gasteiger partial charge in [-0.3, -0.25) is 0 Å². The van der Waals surface area contributed by atoms with Crippen LogP contribution in [0, 0.1) is 5.92 Å². The van der Waals surface area contributed by atoms with Gasteiger partial charge in [0.15, 0.2) is 0 Å². The number of benzene rings is 1. The molecule has 2 aliphatic heterocycles. The third-order valence-electron chi connectivity index (χ3n) is 7.62. The lowest BCUT2D eigenvalue weighted by Gasteiger charge is -2.42. The lowest BCUT2D eigenvalue weighted by atomic mass is 9.63. The number of hydrogen-bond acceptors (Lipinski definition) is 3. The molecular weight excluding hydrogens is 386 g/mol. The highest BCUT2D eigenvalue weighted by molar-refractivity contribution is 8.06. The molecule has 0 amide bonds. The fraction of sp³-hybridized carbons (Fsp3) is 0.630. The van der Waals surface area contributed by atoms with Gasteiger partial charge in [-0.1, -0.05) is 52.0 Å². The van der Waals surface area contributed by atoms with Gasteiger partial charge in [-0.15, -0.1) is 11.8 Å².